The van der Waals surface area contributed by atoms with E-state index in [0.29, 0.717) is 0 Å². The first kappa shape index (κ1) is 13.6. The topological polar surface area (TPSA) is 69.4 Å². The van der Waals surface area contributed by atoms with E-state index < -0.39 is 11.1 Å². The number of rotatable bonds is 6. The maximum Gasteiger partial charge on any atom is 0.304 e. The summed E-state index contributed by atoms with van der Waals surface area (Å²) in [4.78, 5) is 24.5. The van der Waals surface area contributed by atoms with Crippen LogP contribution in [0.15, 0.2) is 11.6 Å². The molecule has 0 aromatic rings. The maximum absolute atomic E-state index is 10.9. The van der Waals surface area contributed by atoms with Crippen molar-refractivity contribution in [1.82, 2.24) is 0 Å². The molecule has 0 aliphatic carbocycles. The van der Waals surface area contributed by atoms with E-state index in [1.165, 1.54) is 5.57 Å². The molecule has 0 unspecified atom stereocenters. The number of hydrogen-bond donors (Lipinski definition) is 0. The third-order valence-corrected chi connectivity index (χ3v) is 1.90. The van der Waals surface area contributed by atoms with Crippen LogP contribution < -0.4 is 0 Å². The molecule has 0 aliphatic rings. The molecule has 0 bridgehead atoms. The van der Waals surface area contributed by atoms with Gasteiger partial charge >= 0.3 is 11.1 Å². The highest BCUT2D eigenvalue weighted by molar-refractivity contribution is 5.68. The maximum atomic E-state index is 10.9. The smallest absolute Gasteiger partial charge is 0.268 e. The highest BCUT2D eigenvalue weighted by Crippen LogP contribution is 2.12. The fourth-order valence-electron chi connectivity index (χ4n) is 1.16. The van der Waals surface area contributed by atoms with Gasteiger partial charge in [-0.2, -0.15) is 0 Å². The van der Waals surface area contributed by atoms with Crippen molar-refractivity contribution in [3.8, 4) is 0 Å². The summed E-state index contributed by atoms with van der Waals surface area (Å²) < 4.78 is 0. The summed E-state index contributed by atoms with van der Waals surface area (Å²) in [6.45, 7) is 5.89. The number of hydrogen-bond acceptors (Lipinski definition) is 4. The van der Waals surface area contributed by atoms with Crippen molar-refractivity contribution in [2.24, 2.45) is 5.92 Å². The molecule has 5 nitrogen and oxygen atoms in total. The lowest BCUT2D eigenvalue weighted by Gasteiger charge is -2.07. The first-order chi connectivity index (χ1) is 6.91. The molecule has 0 N–H and O–H groups in total. The fraction of sp³-hybridized carbons (Fsp3) is 0.700. The van der Waals surface area contributed by atoms with E-state index in [1.54, 1.807) is 0 Å². The van der Waals surface area contributed by atoms with Gasteiger partial charge in [-0.3, -0.25) is 4.79 Å². The highest BCUT2D eigenvalue weighted by atomic mass is 17.0. The zero-order valence-electron chi connectivity index (χ0n) is 9.36. The van der Waals surface area contributed by atoms with Gasteiger partial charge in [0.1, 0.15) is 0 Å². The lowest BCUT2D eigenvalue weighted by molar-refractivity contribution is -0.729. The molecule has 0 aromatic heterocycles. The van der Waals surface area contributed by atoms with E-state index in [0.717, 1.165) is 12.8 Å². The van der Waals surface area contributed by atoms with E-state index in [1.807, 2.05) is 20.8 Å². The van der Waals surface area contributed by atoms with Gasteiger partial charge < -0.3 is 0 Å². The highest BCUT2D eigenvalue weighted by Gasteiger charge is 2.12. The van der Waals surface area contributed by atoms with Crippen LogP contribution in [0.2, 0.25) is 0 Å². The summed E-state index contributed by atoms with van der Waals surface area (Å²) in [7, 11) is 0. The Kier molecular flexibility index (Phi) is 6.33. The van der Waals surface area contributed by atoms with Crippen LogP contribution in [0.25, 0.3) is 0 Å². The third-order valence-electron chi connectivity index (χ3n) is 1.90. The Hall–Kier alpha value is -1.39. The summed E-state index contributed by atoms with van der Waals surface area (Å²) in [5, 5.41) is 8.78. The molecule has 0 aromatic carbocycles. The average Bonchev–Trinajstić information content (AvgIpc) is 2.00. The van der Waals surface area contributed by atoms with Gasteiger partial charge in [-0.15, -0.1) is 10.1 Å². The van der Waals surface area contributed by atoms with Gasteiger partial charge in [-0.25, -0.2) is 4.84 Å². The Morgan fingerprint density at radius 3 is 2.60 bits per heavy atom. The minimum Gasteiger partial charge on any atom is -0.268 e. The molecule has 0 heterocycles. The molecule has 0 amide bonds. The second kappa shape index (κ2) is 6.98. The van der Waals surface area contributed by atoms with E-state index in [2.05, 4.69) is 10.9 Å². The molecule has 0 spiro atoms. The SMILES string of the molecule is CC(C)=CCC[C@@H](C)CC(=O)O[N+](=O)[O-]. The zero-order chi connectivity index (χ0) is 11.8. The van der Waals surface area contributed by atoms with Crippen LogP contribution in [-0.4, -0.2) is 11.1 Å². The lowest BCUT2D eigenvalue weighted by Crippen LogP contribution is -2.13. The van der Waals surface area contributed by atoms with Crippen molar-refractivity contribution >= 4 is 5.97 Å². The molecular formula is C10H17NO4. The van der Waals surface area contributed by atoms with Crippen LogP contribution in [0, 0.1) is 16.0 Å². The van der Waals surface area contributed by atoms with Gasteiger partial charge in [0.15, 0.2) is 0 Å². The van der Waals surface area contributed by atoms with Gasteiger partial charge in [-0.05, 0) is 32.6 Å². The predicted octanol–water partition coefficient (Wildman–Crippen LogP) is 2.49. The second-order valence-corrected chi connectivity index (χ2v) is 3.86. The number of nitrogens with zero attached hydrogens (tertiary/aromatic N) is 1. The molecule has 0 saturated carbocycles. The zero-order valence-corrected chi connectivity index (χ0v) is 9.36. The molecule has 0 fully saturated rings. The first-order valence-electron chi connectivity index (χ1n) is 4.90. The summed E-state index contributed by atoms with van der Waals surface area (Å²) in [5.74, 6) is -0.669. The molecule has 86 valence electrons. The molecule has 1 atom stereocenters. The van der Waals surface area contributed by atoms with E-state index in [9.17, 15) is 14.9 Å². The van der Waals surface area contributed by atoms with E-state index in [-0.39, 0.29) is 12.3 Å². The van der Waals surface area contributed by atoms with Gasteiger partial charge in [0.05, 0.1) is 0 Å². The van der Waals surface area contributed by atoms with Crippen LogP contribution in [0.5, 0.6) is 0 Å². The molecule has 0 radical (unpaired) electrons. The van der Waals surface area contributed by atoms with Gasteiger partial charge in [-0.1, -0.05) is 18.6 Å². The largest absolute Gasteiger partial charge is 0.304 e. The minimum atomic E-state index is -1.06. The summed E-state index contributed by atoms with van der Waals surface area (Å²) in [6.07, 6.45) is 3.89. The standard InChI is InChI=1S/C10H17NO4/c1-8(2)5-4-6-9(3)7-10(12)15-11(13)14/h5,9H,4,6-7H2,1-3H3/t9-/m1/s1. The van der Waals surface area contributed by atoms with Gasteiger partial charge in [0.25, 0.3) is 0 Å². The first-order valence-corrected chi connectivity index (χ1v) is 4.90. The Balaban J connectivity index is 3.73. The number of carbonyl (C=O) groups is 1. The molecule has 0 aliphatic heterocycles. The Morgan fingerprint density at radius 2 is 2.13 bits per heavy atom. The molecule has 15 heavy (non-hydrogen) atoms. The molecular weight excluding hydrogens is 198 g/mol. The van der Waals surface area contributed by atoms with Gasteiger partial charge in [0, 0.05) is 6.42 Å². The van der Waals surface area contributed by atoms with Crippen LogP contribution in [0.4, 0.5) is 0 Å². The number of carbonyl (C=O) groups excluding carboxylic acids is 1. The quantitative estimate of drug-likeness (QED) is 0.387. The van der Waals surface area contributed by atoms with Crippen LogP contribution in [0.1, 0.15) is 40.0 Å². The van der Waals surface area contributed by atoms with Crippen molar-refractivity contribution in [2.45, 2.75) is 40.0 Å². The lowest BCUT2D eigenvalue weighted by atomic mass is 10.0. The normalized spacial score (nSPS) is 11.7. The van der Waals surface area contributed by atoms with Crippen molar-refractivity contribution in [3.63, 3.8) is 0 Å². The van der Waals surface area contributed by atoms with Crippen molar-refractivity contribution < 1.29 is 14.7 Å². The molecule has 0 rings (SSSR count). The van der Waals surface area contributed by atoms with Crippen molar-refractivity contribution in [2.75, 3.05) is 0 Å². The third kappa shape index (κ3) is 8.93. The fourth-order valence-corrected chi connectivity index (χ4v) is 1.16. The average molecular weight is 215 g/mol. The second-order valence-electron chi connectivity index (χ2n) is 3.86. The summed E-state index contributed by atoms with van der Waals surface area (Å²) >= 11 is 0. The van der Waals surface area contributed by atoms with E-state index in [4.69, 9.17) is 0 Å². The molecule has 5 heteroatoms. The summed E-state index contributed by atoms with van der Waals surface area (Å²) in [5.41, 5.74) is 1.23. The van der Waals surface area contributed by atoms with Crippen LogP contribution in [-0.2, 0) is 9.63 Å². The van der Waals surface area contributed by atoms with Crippen LogP contribution in [0.3, 0.4) is 0 Å². The minimum absolute atomic E-state index is 0.0948. The Bertz CT molecular complexity index is 256. The van der Waals surface area contributed by atoms with E-state index >= 15 is 0 Å². The van der Waals surface area contributed by atoms with Crippen LogP contribution >= 0.6 is 0 Å². The van der Waals surface area contributed by atoms with Crippen molar-refractivity contribution in [3.05, 3.63) is 21.8 Å². The Morgan fingerprint density at radius 1 is 1.53 bits per heavy atom. The van der Waals surface area contributed by atoms with Gasteiger partial charge in [0.2, 0.25) is 0 Å². The van der Waals surface area contributed by atoms with Crippen molar-refractivity contribution in [1.29, 1.82) is 0 Å². The summed E-state index contributed by atoms with van der Waals surface area (Å²) in [6, 6.07) is 0. The Labute approximate surface area is 89.2 Å². The number of allylic oxidation sites excluding steroid dienone is 2. The molecule has 0 saturated heterocycles. The monoisotopic (exact) mass is 215 g/mol. The predicted molar refractivity (Wildman–Crippen MR) is 55.5 cm³/mol.